The van der Waals surface area contributed by atoms with Crippen molar-refractivity contribution in [2.45, 2.75) is 38.0 Å². The zero-order valence-corrected chi connectivity index (χ0v) is 11.5. The number of Topliss-reactive ketones (excluding diaryl/α,β-unsaturated/α-hetero) is 1. The zero-order chi connectivity index (χ0) is 12.8. The largest absolute Gasteiger partial charge is 0.293 e. The van der Waals surface area contributed by atoms with Crippen molar-refractivity contribution in [2.75, 3.05) is 0 Å². The Hall–Kier alpha value is -1.48. The number of carbonyl (C=O) groups excluding carboxylic acids is 1. The number of thiazole rings is 1. The lowest BCUT2D eigenvalue weighted by molar-refractivity contribution is 0.0976. The van der Waals surface area contributed by atoms with E-state index >= 15 is 0 Å². The molecule has 2 aliphatic rings. The van der Waals surface area contributed by atoms with Crippen molar-refractivity contribution < 1.29 is 4.79 Å². The van der Waals surface area contributed by atoms with Crippen LogP contribution in [0.2, 0.25) is 0 Å². The van der Waals surface area contributed by atoms with Gasteiger partial charge in [0.05, 0.1) is 10.6 Å². The standard InChI is InChI=1S/C16H15NOS/c18-14-3-1-2-13-15(14)19-16(17-13)12-8-6-11(7-9-12)10-4-5-10/h6-10H,1-5H2. The maximum Gasteiger partial charge on any atom is 0.174 e. The molecule has 0 amide bonds. The van der Waals surface area contributed by atoms with Crippen LogP contribution in [0.5, 0.6) is 0 Å². The van der Waals surface area contributed by atoms with E-state index in [0.717, 1.165) is 39.9 Å². The van der Waals surface area contributed by atoms with E-state index in [2.05, 4.69) is 29.2 Å². The molecule has 4 rings (SSSR count). The second-order valence-electron chi connectivity index (χ2n) is 5.47. The summed E-state index contributed by atoms with van der Waals surface area (Å²) < 4.78 is 0. The third-order valence-corrected chi connectivity index (χ3v) is 5.16. The molecule has 2 aliphatic carbocycles. The van der Waals surface area contributed by atoms with Crippen molar-refractivity contribution in [1.29, 1.82) is 0 Å². The van der Waals surface area contributed by atoms with Gasteiger partial charge in [0.2, 0.25) is 0 Å². The molecule has 0 bridgehead atoms. The van der Waals surface area contributed by atoms with Gasteiger partial charge in [0.25, 0.3) is 0 Å². The van der Waals surface area contributed by atoms with Crippen LogP contribution in [0.25, 0.3) is 10.6 Å². The quantitative estimate of drug-likeness (QED) is 0.817. The number of fused-ring (bicyclic) bond motifs is 1. The maximum absolute atomic E-state index is 11.9. The lowest BCUT2D eigenvalue weighted by atomic mass is 10.0. The molecule has 2 aromatic rings. The number of benzene rings is 1. The van der Waals surface area contributed by atoms with E-state index in [-0.39, 0.29) is 5.78 Å². The average Bonchev–Trinajstić information content (AvgIpc) is 3.19. The molecule has 0 spiro atoms. The van der Waals surface area contributed by atoms with E-state index in [1.165, 1.54) is 18.4 Å². The van der Waals surface area contributed by atoms with E-state index in [0.29, 0.717) is 6.42 Å². The Morgan fingerprint density at radius 2 is 1.89 bits per heavy atom. The summed E-state index contributed by atoms with van der Waals surface area (Å²) in [6, 6.07) is 8.75. The van der Waals surface area contributed by atoms with Crippen molar-refractivity contribution >= 4 is 17.1 Å². The number of aromatic nitrogens is 1. The summed E-state index contributed by atoms with van der Waals surface area (Å²) in [4.78, 5) is 17.4. The summed E-state index contributed by atoms with van der Waals surface area (Å²) in [5.74, 6) is 1.07. The lowest BCUT2D eigenvalue weighted by Gasteiger charge is -2.06. The molecule has 1 saturated carbocycles. The molecular formula is C16H15NOS. The highest BCUT2D eigenvalue weighted by molar-refractivity contribution is 7.17. The first-order chi connectivity index (χ1) is 9.31. The highest BCUT2D eigenvalue weighted by Gasteiger charge is 2.24. The minimum Gasteiger partial charge on any atom is -0.293 e. The fraction of sp³-hybridized carbons (Fsp3) is 0.375. The monoisotopic (exact) mass is 269 g/mol. The fourth-order valence-electron chi connectivity index (χ4n) is 2.71. The molecule has 3 heteroatoms. The number of hydrogen-bond donors (Lipinski definition) is 0. The average molecular weight is 269 g/mol. The Labute approximate surface area is 116 Å². The van der Waals surface area contributed by atoms with Crippen LogP contribution < -0.4 is 0 Å². The molecule has 0 saturated heterocycles. The molecule has 2 nitrogen and oxygen atoms in total. The molecule has 0 N–H and O–H groups in total. The van der Waals surface area contributed by atoms with E-state index in [1.807, 2.05) is 0 Å². The van der Waals surface area contributed by atoms with Gasteiger partial charge in [0.1, 0.15) is 5.01 Å². The first kappa shape index (κ1) is 11.4. The van der Waals surface area contributed by atoms with Gasteiger partial charge in [-0.25, -0.2) is 4.98 Å². The van der Waals surface area contributed by atoms with Gasteiger partial charge >= 0.3 is 0 Å². The Morgan fingerprint density at radius 1 is 1.11 bits per heavy atom. The first-order valence-corrected chi connectivity index (χ1v) is 7.76. The van der Waals surface area contributed by atoms with Crippen LogP contribution in [0.3, 0.4) is 0 Å². The Kier molecular flexibility index (Phi) is 2.55. The number of aryl methyl sites for hydroxylation is 1. The predicted octanol–water partition coefficient (Wildman–Crippen LogP) is 4.21. The zero-order valence-electron chi connectivity index (χ0n) is 10.7. The van der Waals surface area contributed by atoms with Crippen molar-refractivity contribution in [1.82, 2.24) is 4.98 Å². The first-order valence-electron chi connectivity index (χ1n) is 6.94. The van der Waals surface area contributed by atoms with Crippen LogP contribution in [-0.2, 0) is 6.42 Å². The van der Waals surface area contributed by atoms with Gasteiger partial charge in [0, 0.05) is 12.0 Å². The molecule has 0 aliphatic heterocycles. The van der Waals surface area contributed by atoms with Crippen LogP contribution in [0.15, 0.2) is 24.3 Å². The molecular weight excluding hydrogens is 254 g/mol. The minimum atomic E-state index is 0.277. The third kappa shape index (κ3) is 2.02. The third-order valence-electron chi connectivity index (χ3n) is 3.97. The minimum absolute atomic E-state index is 0.277. The van der Waals surface area contributed by atoms with E-state index in [4.69, 9.17) is 0 Å². The number of carbonyl (C=O) groups is 1. The number of hydrogen-bond acceptors (Lipinski definition) is 3. The molecule has 1 aromatic heterocycles. The summed E-state index contributed by atoms with van der Waals surface area (Å²) in [5.41, 5.74) is 3.61. The summed E-state index contributed by atoms with van der Waals surface area (Å²) >= 11 is 1.57. The Balaban J connectivity index is 1.69. The van der Waals surface area contributed by atoms with Crippen LogP contribution in [-0.4, -0.2) is 10.8 Å². The summed E-state index contributed by atoms with van der Waals surface area (Å²) in [7, 11) is 0. The van der Waals surface area contributed by atoms with Crippen molar-refractivity contribution in [3.05, 3.63) is 40.4 Å². The molecule has 0 atom stereocenters. The van der Waals surface area contributed by atoms with Gasteiger partial charge in [-0.05, 0) is 37.2 Å². The molecule has 0 unspecified atom stereocenters. The molecule has 96 valence electrons. The Bertz CT molecular complexity index is 637. The normalized spacial score (nSPS) is 18.4. The van der Waals surface area contributed by atoms with Crippen molar-refractivity contribution in [2.24, 2.45) is 0 Å². The van der Waals surface area contributed by atoms with Crippen LogP contribution in [0.1, 0.15) is 52.5 Å². The van der Waals surface area contributed by atoms with Gasteiger partial charge in [-0.15, -0.1) is 11.3 Å². The number of ketones is 1. The van der Waals surface area contributed by atoms with Gasteiger partial charge in [-0.2, -0.15) is 0 Å². The van der Waals surface area contributed by atoms with Gasteiger partial charge in [0.15, 0.2) is 5.78 Å². The maximum atomic E-state index is 11.9. The van der Waals surface area contributed by atoms with Crippen LogP contribution in [0.4, 0.5) is 0 Å². The SMILES string of the molecule is O=C1CCCc2nc(-c3ccc(C4CC4)cc3)sc21. The summed E-state index contributed by atoms with van der Waals surface area (Å²) in [6.45, 7) is 0. The number of rotatable bonds is 2. The second-order valence-corrected chi connectivity index (χ2v) is 6.47. The smallest absolute Gasteiger partial charge is 0.174 e. The number of nitrogens with zero attached hydrogens (tertiary/aromatic N) is 1. The summed E-state index contributed by atoms with van der Waals surface area (Å²) in [6.07, 6.45) is 5.27. The molecule has 19 heavy (non-hydrogen) atoms. The van der Waals surface area contributed by atoms with E-state index < -0.39 is 0 Å². The second kappa shape index (κ2) is 4.27. The van der Waals surface area contributed by atoms with Crippen molar-refractivity contribution in [3.63, 3.8) is 0 Å². The van der Waals surface area contributed by atoms with Gasteiger partial charge in [-0.1, -0.05) is 24.3 Å². The molecule has 1 aromatic carbocycles. The van der Waals surface area contributed by atoms with Crippen LogP contribution >= 0.6 is 11.3 Å². The highest BCUT2D eigenvalue weighted by atomic mass is 32.1. The van der Waals surface area contributed by atoms with E-state index in [1.54, 1.807) is 11.3 Å². The lowest BCUT2D eigenvalue weighted by Crippen LogP contribution is -2.07. The summed E-state index contributed by atoms with van der Waals surface area (Å²) in [5, 5.41) is 1.00. The highest BCUT2D eigenvalue weighted by Crippen LogP contribution is 2.41. The Morgan fingerprint density at radius 3 is 2.58 bits per heavy atom. The van der Waals surface area contributed by atoms with E-state index in [9.17, 15) is 4.79 Å². The fourth-order valence-corrected chi connectivity index (χ4v) is 3.79. The molecule has 1 heterocycles. The van der Waals surface area contributed by atoms with Crippen molar-refractivity contribution in [3.8, 4) is 10.6 Å². The van der Waals surface area contributed by atoms with Gasteiger partial charge < -0.3 is 0 Å². The van der Waals surface area contributed by atoms with Gasteiger partial charge in [-0.3, -0.25) is 4.79 Å². The molecule has 1 fully saturated rings. The van der Waals surface area contributed by atoms with Crippen LogP contribution in [0, 0.1) is 0 Å². The molecule has 0 radical (unpaired) electrons. The topological polar surface area (TPSA) is 30.0 Å². The predicted molar refractivity (Wildman–Crippen MR) is 76.8 cm³/mol.